The number of carbonyl (C=O) groups excluding carboxylic acids is 2. The minimum atomic E-state index is -0.677. The normalized spacial score (nSPS) is 18.2. The lowest BCUT2D eigenvalue weighted by Gasteiger charge is -2.42. The molecule has 1 aromatic carbocycles. The van der Waals surface area contributed by atoms with E-state index in [2.05, 4.69) is 52.6 Å². The van der Waals surface area contributed by atoms with Gasteiger partial charge in [-0.3, -0.25) is 14.6 Å². The van der Waals surface area contributed by atoms with Crippen LogP contribution in [0.15, 0.2) is 79.0 Å². The van der Waals surface area contributed by atoms with Crippen molar-refractivity contribution in [3.05, 3.63) is 90.1 Å². The van der Waals surface area contributed by atoms with E-state index in [1.165, 1.54) is 10.4 Å². The van der Waals surface area contributed by atoms with Crippen molar-refractivity contribution in [2.45, 2.75) is 19.3 Å². The highest BCUT2D eigenvalue weighted by molar-refractivity contribution is 7.13. The zero-order chi connectivity index (χ0) is 22.4. The monoisotopic (exact) mass is 445 g/mol. The first kappa shape index (κ1) is 22.0. The fourth-order valence-electron chi connectivity index (χ4n) is 4.36. The molecule has 3 aromatic rings. The molecule has 0 spiro atoms. The van der Waals surface area contributed by atoms with E-state index in [0.717, 1.165) is 18.4 Å². The van der Waals surface area contributed by atoms with Crippen molar-refractivity contribution in [3.8, 4) is 10.4 Å². The average molecular weight is 446 g/mol. The molecule has 0 aliphatic carbocycles. The second-order valence-corrected chi connectivity index (χ2v) is 9.15. The third-order valence-corrected chi connectivity index (χ3v) is 6.88. The number of amides is 2. The zero-order valence-electron chi connectivity index (χ0n) is 18.0. The first-order valence-corrected chi connectivity index (χ1v) is 11.7. The molecule has 1 atom stereocenters. The van der Waals surface area contributed by atoms with E-state index in [1.807, 2.05) is 6.07 Å². The van der Waals surface area contributed by atoms with E-state index < -0.39 is 5.41 Å². The molecule has 1 saturated heterocycles. The van der Waals surface area contributed by atoms with Gasteiger partial charge in [0.2, 0.25) is 5.91 Å². The van der Waals surface area contributed by atoms with Crippen LogP contribution in [0.4, 0.5) is 0 Å². The van der Waals surface area contributed by atoms with Gasteiger partial charge in [0, 0.05) is 36.9 Å². The topological polar surface area (TPSA) is 62.3 Å². The second kappa shape index (κ2) is 9.92. The molecule has 0 radical (unpaired) electrons. The molecule has 164 valence electrons. The number of benzene rings is 1. The van der Waals surface area contributed by atoms with Gasteiger partial charge in [0.1, 0.15) is 0 Å². The van der Waals surface area contributed by atoms with Gasteiger partial charge in [-0.05, 0) is 54.0 Å². The molecule has 1 fully saturated rings. The van der Waals surface area contributed by atoms with E-state index >= 15 is 0 Å². The van der Waals surface area contributed by atoms with Crippen LogP contribution in [-0.2, 0) is 11.2 Å². The van der Waals surface area contributed by atoms with Gasteiger partial charge in [-0.25, -0.2) is 0 Å². The second-order valence-electron chi connectivity index (χ2n) is 8.20. The fraction of sp³-hybridized carbons (Fsp3) is 0.269. The first-order valence-electron chi connectivity index (χ1n) is 10.8. The molecule has 1 aliphatic rings. The van der Waals surface area contributed by atoms with E-state index in [-0.39, 0.29) is 11.8 Å². The highest BCUT2D eigenvalue weighted by Gasteiger charge is 2.43. The number of piperidine rings is 1. The van der Waals surface area contributed by atoms with E-state index in [1.54, 1.807) is 46.8 Å². The van der Waals surface area contributed by atoms with Crippen LogP contribution >= 0.6 is 11.3 Å². The third-order valence-electron chi connectivity index (χ3n) is 5.96. The number of nitrogens with zero attached hydrogens (tertiary/aromatic N) is 2. The Morgan fingerprint density at radius 3 is 2.72 bits per heavy atom. The molecular weight excluding hydrogens is 418 g/mol. The van der Waals surface area contributed by atoms with Crippen molar-refractivity contribution in [2.24, 2.45) is 5.41 Å². The Morgan fingerprint density at radius 2 is 2.03 bits per heavy atom. The van der Waals surface area contributed by atoms with Gasteiger partial charge < -0.3 is 10.2 Å². The van der Waals surface area contributed by atoms with Crippen LogP contribution in [-0.4, -0.2) is 41.3 Å². The summed E-state index contributed by atoms with van der Waals surface area (Å²) in [5.41, 5.74) is 2.14. The molecule has 1 N–H and O–H groups in total. The predicted molar refractivity (Wildman–Crippen MR) is 128 cm³/mol. The lowest BCUT2D eigenvalue weighted by Crippen LogP contribution is -2.54. The Bertz CT molecular complexity index is 1060. The maximum atomic E-state index is 13.3. The summed E-state index contributed by atoms with van der Waals surface area (Å²) in [5, 5.41) is 5.06. The molecule has 3 heterocycles. The van der Waals surface area contributed by atoms with Crippen LogP contribution in [0.1, 0.15) is 28.8 Å². The number of aromatic nitrogens is 1. The molecule has 2 amide bonds. The molecule has 0 unspecified atom stereocenters. The van der Waals surface area contributed by atoms with Gasteiger partial charge in [0.15, 0.2) is 0 Å². The maximum absolute atomic E-state index is 13.3. The lowest BCUT2D eigenvalue weighted by atomic mass is 9.74. The number of rotatable bonds is 7. The molecule has 32 heavy (non-hydrogen) atoms. The summed E-state index contributed by atoms with van der Waals surface area (Å²) in [5.74, 6) is -0.102. The van der Waals surface area contributed by atoms with Gasteiger partial charge in [-0.1, -0.05) is 36.4 Å². The summed E-state index contributed by atoms with van der Waals surface area (Å²) in [6.07, 6.45) is 7.01. The minimum Gasteiger partial charge on any atom is -0.352 e. The Hall–Kier alpha value is -3.25. The number of thiophene rings is 1. The number of nitrogens with one attached hydrogen (secondary N) is 1. The maximum Gasteiger partial charge on any atom is 0.255 e. The van der Waals surface area contributed by atoms with Crippen molar-refractivity contribution in [2.75, 3.05) is 19.6 Å². The van der Waals surface area contributed by atoms with Crippen molar-refractivity contribution < 1.29 is 9.59 Å². The molecule has 0 bridgehead atoms. The van der Waals surface area contributed by atoms with Crippen LogP contribution < -0.4 is 5.32 Å². The summed E-state index contributed by atoms with van der Waals surface area (Å²) < 4.78 is 0. The number of pyridine rings is 1. The molecule has 0 saturated carbocycles. The average Bonchev–Trinajstić information content (AvgIpc) is 3.38. The number of hydrogen-bond acceptors (Lipinski definition) is 4. The molecule has 5 nitrogen and oxygen atoms in total. The van der Waals surface area contributed by atoms with Crippen LogP contribution in [0.3, 0.4) is 0 Å². The molecule has 4 rings (SSSR count). The quantitative estimate of drug-likeness (QED) is 0.542. The Kier molecular flexibility index (Phi) is 6.81. The summed E-state index contributed by atoms with van der Waals surface area (Å²) in [6, 6.07) is 16.1. The minimum absolute atomic E-state index is 0.0246. The van der Waals surface area contributed by atoms with E-state index in [9.17, 15) is 9.59 Å². The van der Waals surface area contributed by atoms with Gasteiger partial charge >= 0.3 is 0 Å². The van der Waals surface area contributed by atoms with E-state index in [4.69, 9.17) is 0 Å². The van der Waals surface area contributed by atoms with Crippen LogP contribution in [0.5, 0.6) is 0 Å². The predicted octanol–water partition coefficient (Wildman–Crippen LogP) is 4.58. The van der Waals surface area contributed by atoms with Gasteiger partial charge in [-0.2, -0.15) is 0 Å². The van der Waals surface area contributed by atoms with Crippen molar-refractivity contribution in [1.82, 2.24) is 15.2 Å². The van der Waals surface area contributed by atoms with Crippen LogP contribution in [0.25, 0.3) is 10.4 Å². The third kappa shape index (κ3) is 4.81. The largest absolute Gasteiger partial charge is 0.352 e. The highest BCUT2D eigenvalue weighted by atomic mass is 32.1. The van der Waals surface area contributed by atoms with Crippen LogP contribution in [0, 0.1) is 5.41 Å². The van der Waals surface area contributed by atoms with Gasteiger partial charge in [0.05, 0.1) is 11.0 Å². The summed E-state index contributed by atoms with van der Waals surface area (Å²) in [6.45, 7) is 5.15. The molecular formula is C26H27N3O2S. The van der Waals surface area contributed by atoms with Gasteiger partial charge in [-0.15, -0.1) is 17.9 Å². The standard InChI is InChI=1S/C26H27N3O2S/c1-2-13-28-25(31)26(17-20-8-10-21(11-9-20)23-7-4-16-32-23)12-5-15-29(19-26)24(30)22-6-3-14-27-18-22/h2-4,6-11,14,16,18H,1,5,12-13,15,17,19H2,(H,28,31)/t26-/m0/s1. The molecule has 1 aliphatic heterocycles. The Balaban J connectivity index is 1.58. The highest BCUT2D eigenvalue weighted by Crippen LogP contribution is 2.35. The lowest BCUT2D eigenvalue weighted by molar-refractivity contribution is -0.133. The summed E-state index contributed by atoms with van der Waals surface area (Å²) >= 11 is 1.71. The Morgan fingerprint density at radius 1 is 1.19 bits per heavy atom. The van der Waals surface area contributed by atoms with Gasteiger partial charge in [0.25, 0.3) is 5.91 Å². The number of likely N-dealkylation sites (tertiary alicyclic amines) is 1. The van der Waals surface area contributed by atoms with Crippen molar-refractivity contribution >= 4 is 23.2 Å². The van der Waals surface area contributed by atoms with Crippen LogP contribution in [0.2, 0.25) is 0 Å². The fourth-order valence-corrected chi connectivity index (χ4v) is 5.09. The van der Waals surface area contributed by atoms with Crippen molar-refractivity contribution in [3.63, 3.8) is 0 Å². The summed E-state index contributed by atoms with van der Waals surface area (Å²) in [4.78, 5) is 33.5. The van der Waals surface area contributed by atoms with Crippen molar-refractivity contribution in [1.29, 1.82) is 0 Å². The number of hydrogen-bond donors (Lipinski definition) is 1. The van der Waals surface area contributed by atoms with E-state index in [0.29, 0.717) is 31.6 Å². The molecule has 2 aromatic heterocycles. The summed E-state index contributed by atoms with van der Waals surface area (Å²) in [7, 11) is 0. The first-order chi connectivity index (χ1) is 15.6. The molecule has 6 heteroatoms. The Labute approximate surface area is 192 Å². The SMILES string of the molecule is C=CCNC(=O)[C@]1(Cc2ccc(-c3cccs3)cc2)CCCN(C(=O)c2cccnc2)C1. The smallest absolute Gasteiger partial charge is 0.255 e. The zero-order valence-corrected chi connectivity index (χ0v) is 18.8. The number of carbonyl (C=O) groups is 2.